The molecule has 1 atom stereocenters. The topological polar surface area (TPSA) is 26.0 Å². The Kier molecular flexibility index (Phi) is 4.60. The first kappa shape index (κ1) is 16.3. The zero-order valence-electron chi connectivity index (χ0n) is 10.4. The maximum Gasteiger partial charge on any atom is 0.416 e. The van der Waals surface area contributed by atoms with Gasteiger partial charge in [0.2, 0.25) is 0 Å². The lowest BCUT2D eigenvalue weighted by molar-refractivity contribution is -0.137. The standard InChI is InChI=1S/C14H9BrClF4N/c15-10-6-12(17)9(5-11(10)16)13(21)7-1-3-8(4-2-7)14(18,19)20/h1-6,13H,21H2. The van der Waals surface area contributed by atoms with Gasteiger partial charge in [-0.15, -0.1) is 0 Å². The van der Waals surface area contributed by atoms with E-state index in [1.54, 1.807) is 0 Å². The fraction of sp³-hybridized carbons (Fsp3) is 0.143. The highest BCUT2D eigenvalue weighted by Gasteiger charge is 2.30. The van der Waals surface area contributed by atoms with Crippen LogP contribution in [0.25, 0.3) is 0 Å². The second kappa shape index (κ2) is 5.94. The van der Waals surface area contributed by atoms with E-state index >= 15 is 0 Å². The predicted octanol–water partition coefficient (Wildman–Crippen LogP) is 5.31. The van der Waals surface area contributed by atoms with Crippen LogP contribution in [-0.2, 0) is 6.18 Å². The molecule has 0 radical (unpaired) electrons. The molecule has 7 heteroatoms. The molecule has 0 spiro atoms. The molecule has 0 saturated carbocycles. The van der Waals surface area contributed by atoms with Crippen molar-refractivity contribution >= 4 is 27.5 Å². The lowest BCUT2D eigenvalue weighted by Crippen LogP contribution is -2.14. The summed E-state index contributed by atoms with van der Waals surface area (Å²) in [5, 5.41) is 0.272. The molecular formula is C14H9BrClF4N. The maximum absolute atomic E-state index is 13.9. The minimum Gasteiger partial charge on any atom is -0.320 e. The van der Waals surface area contributed by atoms with Gasteiger partial charge < -0.3 is 5.73 Å². The van der Waals surface area contributed by atoms with E-state index in [0.29, 0.717) is 10.0 Å². The minimum absolute atomic E-state index is 0.114. The summed E-state index contributed by atoms with van der Waals surface area (Å²) >= 11 is 8.96. The summed E-state index contributed by atoms with van der Waals surface area (Å²) in [6.45, 7) is 0. The zero-order valence-corrected chi connectivity index (χ0v) is 12.7. The maximum atomic E-state index is 13.9. The highest BCUT2D eigenvalue weighted by molar-refractivity contribution is 9.10. The zero-order chi connectivity index (χ0) is 15.8. The summed E-state index contributed by atoms with van der Waals surface area (Å²) in [4.78, 5) is 0. The Balaban J connectivity index is 2.36. The molecule has 0 aliphatic heterocycles. The molecule has 0 fully saturated rings. The van der Waals surface area contributed by atoms with Gasteiger partial charge in [0.05, 0.1) is 16.6 Å². The molecule has 2 N–H and O–H groups in total. The van der Waals surface area contributed by atoms with Gasteiger partial charge >= 0.3 is 6.18 Å². The van der Waals surface area contributed by atoms with Gasteiger partial charge in [0.15, 0.2) is 0 Å². The lowest BCUT2D eigenvalue weighted by Gasteiger charge is -2.15. The van der Waals surface area contributed by atoms with Crippen molar-refractivity contribution in [1.82, 2.24) is 0 Å². The van der Waals surface area contributed by atoms with Crippen molar-refractivity contribution in [2.45, 2.75) is 12.2 Å². The third kappa shape index (κ3) is 3.56. The molecule has 21 heavy (non-hydrogen) atoms. The molecule has 0 heterocycles. The number of rotatable bonds is 2. The van der Waals surface area contributed by atoms with Crippen LogP contribution < -0.4 is 5.73 Å². The average molecular weight is 383 g/mol. The molecule has 1 unspecified atom stereocenters. The SMILES string of the molecule is NC(c1ccc(C(F)(F)F)cc1)c1cc(Cl)c(Br)cc1F. The van der Waals surface area contributed by atoms with Crippen molar-refractivity contribution in [2.24, 2.45) is 5.73 Å². The van der Waals surface area contributed by atoms with E-state index in [9.17, 15) is 17.6 Å². The number of hydrogen-bond donors (Lipinski definition) is 1. The van der Waals surface area contributed by atoms with Crippen molar-refractivity contribution < 1.29 is 17.6 Å². The molecule has 0 aliphatic rings. The van der Waals surface area contributed by atoms with E-state index in [2.05, 4.69) is 15.9 Å². The Morgan fingerprint density at radius 3 is 2.19 bits per heavy atom. The Morgan fingerprint density at radius 2 is 1.67 bits per heavy atom. The monoisotopic (exact) mass is 381 g/mol. The smallest absolute Gasteiger partial charge is 0.320 e. The number of hydrogen-bond acceptors (Lipinski definition) is 1. The van der Waals surface area contributed by atoms with Crippen molar-refractivity contribution in [3.8, 4) is 0 Å². The van der Waals surface area contributed by atoms with Crippen LogP contribution in [0.4, 0.5) is 17.6 Å². The van der Waals surface area contributed by atoms with E-state index in [1.165, 1.54) is 24.3 Å². The van der Waals surface area contributed by atoms with E-state index in [-0.39, 0.29) is 10.6 Å². The van der Waals surface area contributed by atoms with E-state index in [1.807, 2.05) is 0 Å². The second-order valence-electron chi connectivity index (χ2n) is 4.39. The van der Waals surface area contributed by atoms with Crippen LogP contribution in [-0.4, -0.2) is 0 Å². The Morgan fingerprint density at radius 1 is 1.10 bits per heavy atom. The molecule has 0 bridgehead atoms. The summed E-state index contributed by atoms with van der Waals surface area (Å²) < 4.78 is 51.7. The quantitative estimate of drug-likeness (QED) is 0.553. The summed E-state index contributed by atoms with van der Waals surface area (Å²) in [5.41, 5.74) is 5.59. The van der Waals surface area contributed by atoms with Gasteiger partial charge in [-0.3, -0.25) is 0 Å². The predicted molar refractivity (Wildman–Crippen MR) is 76.6 cm³/mol. The van der Waals surface area contributed by atoms with Crippen LogP contribution >= 0.6 is 27.5 Å². The van der Waals surface area contributed by atoms with Crippen molar-refractivity contribution in [1.29, 1.82) is 0 Å². The molecule has 1 nitrogen and oxygen atoms in total. The molecule has 2 aromatic carbocycles. The van der Waals surface area contributed by atoms with E-state index in [4.69, 9.17) is 17.3 Å². The van der Waals surface area contributed by atoms with Gasteiger partial charge in [-0.1, -0.05) is 23.7 Å². The van der Waals surface area contributed by atoms with Crippen LogP contribution in [0.1, 0.15) is 22.7 Å². The van der Waals surface area contributed by atoms with Crippen LogP contribution in [0.15, 0.2) is 40.9 Å². The fourth-order valence-electron chi connectivity index (χ4n) is 1.84. The first-order chi connectivity index (χ1) is 9.70. The van der Waals surface area contributed by atoms with Crippen molar-refractivity contribution in [2.75, 3.05) is 0 Å². The Labute approximate surface area is 131 Å². The first-order valence-corrected chi connectivity index (χ1v) is 6.94. The Hall–Kier alpha value is -1.11. The van der Waals surface area contributed by atoms with Gasteiger partial charge in [0, 0.05) is 10.0 Å². The van der Waals surface area contributed by atoms with Gasteiger partial charge in [0.25, 0.3) is 0 Å². The molecule has 0 aliphatic carbocycles. The summed E-state index contributed by atoms with van der Waals surface area (Å²) in [5.74, 6) is -0.585. The first-order valence-electron chi connectivity index (χ1n) is 5.77. The second-order valence-corrected chi connectivity index (χ2v) is 5.65. The third-order valence-corrected chi connectivity index (χ3v) is 4.17. The number of alkyl halides is 3. The summed E-state index contributed by atoms with van der Waals surface area (Å²) in [7, 11) is 0. The molecular weight excluding hydrogens is 374 g/mol. The lowest BCUT2D eigenvalue weighted by atomic mass is 9.98. The van der Waals surface area contributed by atoms with E-state index in [0.717, 1.165) is 12.1 Å². The number of halogens is 6. The van der Waals surface area contributed by atoms with Crippen LogP contribution in [0.2, 0.25) is 5.02 Å². The van der Waals surface area contributed by atoms with Gasteiger partial charge in [0.1, 0.15) is 5.82 Å². The van der Waals surface area contributed by atoms with E-state index < -0.39 is 23.6 Å². The normalized spacial score (nSPS) is 13.3. The van der Waals surface area contributed by atoms with Crippen LogP contribution in [0.5, 0.6) is 0 Å². The molecule has 0 amide bonds. The molecule has 112 valence electrons. The fourth-order valence-corrected chi connectivity index (χ4v) is 2.32. The molecule has 2 rings (SSSR count). The summed E-state index contributed by atoms with van der Waals surface area (Å²) in [6, 6.07) is 5.88. The third-order valence-electron chi connectivity index (χ3n) is 2.97. The molecule has 0 aromatic heterocycles. The number of benzene rings is 2. The minimum atomic E-state index is -4.42. The summed E-state index contributed by atoms with van der Waals surface area (Å²) in [6.07, 6.45) is -4.42. The van der Waals surface area contributed by atoms with Crippen LogP contribution in [0.3, 0.4) is 0 Å². The van der Waals surface area contributed by atoms with Crippen molar-refractivity contribution in [3.05, 3.63) is 68.4 Å². The number of nitrogens with two attached hydrogens (primary N) is 1. The molecule has 0 saturated heterocycles. The van der Waals surface area contributed by atoms with Crippen LogP contribution in [0, 0.1) is 5.82 Å². The highest BCUT2D eigenvalue weighted by atomic mass is 79.9. The largest absolute Gasteiger partial charge is 0.416 e. The van der Waals surface area contributed by atoms with Gasteiger partial charge in [-0.25, -0.2) is 4.39 Å². The average Bonchev–Trinajstić information content (AvgIpc) is 2.41. The Bertz CT molecular complexity index is 655. The highest BCUT2D eigenvalue weighted by Crippen LogP contribution is 2.33. The molecule has 2 aromatic rings. The van der Waals surface area contributed by atoms with Gasteiger partial charge in [-0.05, 0) is 45.8 Å². The van der Waals surface area contributed by atoms with Crippen molar-refractivity contribution in [3.63, 3.8) is 0 Å². The van der Waals surface area contributed by atoms with Gasteiger partial charge in [-0.2, -0.15) is 13.2 Å².